The van der Waals surface area contributed by atoms with Crippen LogP contribution in [0.1, 0.15) is 46.1 Å². The molecule has 0 saturated carbocycles. The summed E-state index contributed by atoms with van der Waals surface area (Å²) in [6, 6.07) is 10.3. The van der Waals surface area contributed by atoms with Crippen LogP contribution in [0, 0.1) is 12.8 Å². The van der Waals surface area contributed by atoms with E-state index in [1.54, 1.807) is 6.08 Å². The van der Waals surface area contributed by atoms with Crippen molar-refractivity contribution in [3.63, 3.8) is 0 Å². The Morgan fingerprint density at radius 2 is 1.56 bits per heavy atom. The van der Waals surface area contributed by atoms with Gasteiger partial charge < -0.3 is 0 Å². The topological polar surface area (TPSA) is 0 Å². The van der Waals surface area contributed by atoms with Crippen LogP contribution in [-0.4, -0.2) is 0 Å². The minimum atomic E-state index is 0.935. The van der Waals surface area contributed by atoms with Crippen molar-refractivity contribution in [3.05, 3.63) is 60.7 Å². The highest BCUT2D eigenvalue weighted by atomic mass is 13.9. The first-order valence-corrected chi connectivity index (χ1v) is 6.77. The maximum absolute atomic E-state index is 3.56. The molecule has 0 heteroatoms. The fraction of sp³-hybridized carbons (Fsp3) is 0.444. The maximum atomic E-state index is 3.56. The summed E-state index contributed by atoms with van der Waals surface area (Å²) >= 11 is 0. The molecule has 0 saturated heterocycles. The highest BCUT2D eigenvalue weighted by Gasteiger charge is 1.88. The second-order valence-corrected chi connectivity index (χ2v) is 4.63. The van der Waals surface area contributed by atoms with Crippen molar-refractivity contribution in [2.45, 2.75) is 47.5 Å². The summed E-state index contributed by atoms with van der Waals surface area (Å²) in [5, 5.41) is 0. The summed E-state index contributed by atoms with van der Waals surface area (Å²) in [4.78, 5) is 0. The Morgan fingerprint density at radius 3 is 1.67 bits per heavy atom. The van der Waals surface area contributed by atoms with E-state index in [1.807, 2.05) is 25.1 Å². The van der Waals surface area contributed by atoms with Crippen molar-refractivity contribution in [1.29, 1.82) is 0 Å². The van der Waals surface area contributed by atoms with E-state index in [1.165, 1.54) is 18.4 Å². The summed E-state index contributed by atoms with van der Waals surface area (Å²) in [5.41, 5.74) is 2.34. The fourth-order valence-corrected chi connectivity index (χ4v) is 0.823. The highest BCUT2D eigenvalue weighted by molar-refractivity contribution is 5.11. The zero-order valence-electron chi connectivity index (χ0n) is 12.9. The summed E-state index contributed by atoms with van der Waals surface area (Å²) in [6.45, 7) is 17.7. The van der Waals surface area contributed by atoms with Crippen LogP contribution in [0.25, 0.3) is 0 Å². The van der Waals surface area contributed by atoms with E-state index >= 15 is 0 Å². The summed E-state index contributed by atoms with van der Waals surface area (Å²) in [6.07, 6.45) is 4.38. The molecule has 0 aromatic heterocycles. The molecule has 1 aromatic carbocycles. The smallest absolute Gasteiger partial charge is 0.0398 e. The van der Waals surface area contributed by atoms with Gasteiger partial charge in [0.1, 0.15) is 0 Å². The van der Waals surface area contributed by atoms with Crippen LogP contribution >= 0.6 is 0 Å². The molecule has 0 atom stereocenters. The molecule has 0 fully saturated rings. The van der Waals surface area contributed by atoms with Crippen LogP contribution in [0.3, 0.4) is 0 Å². The molecule has 0 amide bonds. The SMILES string of the molecule is C=CC(=C)C.CCC(C)CC.Cc1ccccc1. The van der Waals surface area contributed by atoms with Gasteiger partial charge >= 0.3 is 0 Å². The molecule has 0 nitrogen and oxygen atoms in total. The molecule has 102 valence electrons. The summed E-state index contributed by atoms with van der Waals surface area (Å²) < 4.78 is 0. The van der Waals surface area contributed by atoms with Crippen molar-refractivity contribution >= 4 is 0 Å². The minimum absolute atomic E-state index is 0.935. The van der Waals surface area contributed by atoms with Gasteiger partial charge in [0.2, 0.25) is 0 Å². The zero-order chi connectivity index (χ0) is 14.4. The Balaban J connectivity index is 0. The standard InChI is InChI=1S/C7H8.C6H14.C5H8/c1-7-5-3-2-4-6-7;1-4-6(3)5-2;1-4-5(2)3/h2-6H,1H3;6H,4-5H2,1-3H3;4H,1-2H2,3H3. The van der Waals surface area contributed by atoms with Crippen LogP contribution in [-0.2, 0) is 0 Å². The van der Waals surface area contributed by atoms with Gasteiger partial charge in [-0.25, -0.2) is 0 Å². The molecule has 0 aliphatic rings. The Bertz CT molecular complexity index is 291. The fourth-order valence-electron chi connectivity index (χ4n) is 0.823. The molecular formula is C18H30. The molecule has 0 radical (unpaired) electrons. The molecule has 0 aliphatic heterocycles. The lowest BCUT2D eigenvalue weighted by Crippen LogP contribution is -1.85. The molecule has 0 aliphatic carbocycles. The molecule has 0 N–H and O–H groups in total. The Kier molecular flexibility index (Phi) is 14.6. The van der Waals surface area contributed by atoms with E-state index in [0.29, 0.717) is 0 Å². The van der Waals surface area contributed by atoms with Crippen LogP contribution in [0.4, 0.5) is 0 Å². The van der Waals surface area contributed by atoms with Crippen molar-refractivity contribution in [3.8, 4) is 0 Å². The van der Waals surface area contributed by atoms with Gasteiger partial charge in [-0.05, 0) is 19.8 Å². The number of hydrogen-bond acceptors (Lipinski definition) is 0. The number of benzene rings is 1. The van der Waals surface area contributed by atoms with E-state index in [4.69, 9.17) is 0 Å². The molecule has 0 spiro atoms. The Hall–Kier alpha value is -1.30. The molecule has 18 heavy (non-hydrogen) atoms. The number of allylic oxidation sites excluding steroid dienone is 2. The largest absolute Gasteiger partial charge is 0.0988 e. The van der Waals surface area contributed by atoms with Crippen molar-refractivity contribution in [1.82, 2.24) is 0 Å². The van der Waals surface area contributed by atoms with Gasteiger partial charge in [-0.15, -0.1) is 0 Å². The van der Waals surface area contributed by atoms with E-state index in [-0.39, 0.29) is 0 Å². The van der Waals surface area contributed by atoms with Crippen molar-refractivity contribution < 1.29 is 0 Å². The zero-order valence-corrected chi connectivity index (χ0v) is 12.9. The second-order valence-electron chi connectivity index (χ2n) is 4.63. The Labute approximate surface area is 114 Å². The van der Waals surface area contributed by atoms with Gasteiger partial charge in [-0.1, -0.05) is 94.3 Å². The van der Waals surface area contributed by atoms with Gasteiger partial charge in [-0.2, -0.15) is 0 Å². The molecule has 0 unspecified atom stereocenters. The second kappa shape index (κ2) is 13.8. The summed E-state index contributed by atoms with van der Waals surface area (Å²) in [5.74, 6) is 0.935. The van der Waals surface area contributed by atoms with Gasteiger partial charge in [0.25, 0.3) is 0 Å². The van der Waals surface area contributed by atoms with E-state index in [0.717, 1.165) is 11.5 Å². The first-order valence-electron chi connectivity index (χ1n) is 6.77. The van der Waals surface area contributed by atoms with E-state index in [2.05, 4.69) is 53.0 Å². The van der Waals surface area contributed by atoms with Crippen LogP contribution in [0.15, 0.2) is 55.1 Å². The number of hydrogen-bond donors (Lipinski definition) is 0. The van der Waals surface area contributed by atoms with Gasteiger partial charge in [0.15, 0.2) is 0 Å². The lowest BCUT2D eigenvalue weighted by atomic mass is 10.1. The van der Waals surface area contributed by atoms with Crippen molar-refractivity contribution in [2.24, 2.45) is 5.92 Å². The van der Waals surface area contributed by atoms with Gasteiger partial charge in [0, 0.05) is 0 Å². The lowest BCUT2D eigenvalue weighted by molar-refractivity contribution is 0.544. The molecular weight excluding hydrogens is 216 g/mol. The van der Waals surface area contributed by atoms with Crippen molar-refractivity contribution in [2.75, 3.05) is 0 Å². The predicted octanol–water partition coefficient (Wildman–Crippen LogP) is 6.19. The monoisotopic (exact) mass is 246 g/mol. The third kappa shape index (κ3) is 17.1. The summed E-state index contributed by atoms with van der Waals surface area (Å²) in [7, 11) is 0. The van der Waals surface area contributed by atoms with E-state index < -0.39 is 0 Å². The quantitative estimate of drug-likeness (QED) is 0.558. The van der Waals surface area contributed by atoms with E-state index in [9.17, 15) is 0 Å². The highest BCUT2D eigenvalue weighted by Crippen LogP contribution is 2.02. The molecule has 1 aromatic rings. The predicted molar refractivity (Wildman–Crippen MR) is 85.9 cm³/mol. The lowest BCUT2D eigenvalue weighted by Gasteiger charge is -1.98. The van der Waals surface area contributed by atoms with Crippen LogP contribution in [0.5, 0.6) is 0 Å². The number of rotatable bonds is 3. The number of aryl methyl sites for hydroxylation is 1. The average Bonchev–Trinajstić information content (AvgIpc) is 2.40. The van der Waals surface area contributed by atoms with Crippen LogP contribution in [0.2, 0.25) is 0 Å². The minimum Gasteiger partial charge on any atom is -0.0988 e. The van der Waals surface area contributed by atoms with Gasteiger partial charge in [0.05, 0.1) is 0 Å². The molecule has 1 rings (SSSR count). The third-order valence-electron chi connectivity index (χ3n) is 2.68. The van der Waals surface area contributed by atoms with Crippen LogP contribution < -0.4 is 0 Å². The Morgan fingerprint density at radius 1 is 1.17 bits per heavy atom. The van der Waals surface area contributed by atoms with Gasteiger partial charge in [-0.3, -0.25) is 0 Å². The average molecular weight is 246 g/mol. The molecule has 0 heterocycles. The maximum Gasteiger partial charge on any atom is -0.0398 e. The normalized spacial score (nSPS) is 8.56. The molecule has 0 bridgehead atoms. The third-order valence-corrected chi connectivity index (χ3v) is 2.68. The first kappa shape index (κ1) is 19.0. The first-order chi connectivity index (χ1) is 8.47.